The van der Waals surface area contributed by atoms with Gasteiger partial charge in [0.1, 0.15) is 11.6 Å². The maximum Gasteiger partial charge on any atom is 0.152 e. The molecule has 23 heavy (non-hydrogen) atoms. The topological polar surface area (TPSA) is 38.3 Å². The molecule has 0 spiro atoms. The van der Waals surface area contributed by atoms with Gasteiger partial charge in [-0.1, -0.05) is 6.42 Å². The fraction of sp³-hybridized carbons (Fsp3) is 0.316. The molecular weight excluding hydrogens is 293 g/mol. The first-order chi connectivity index (χ1) is 11.2. The van der Waals surface area contributed by atoms with Crippen molar-refractivity contribution < 1.29 is 13.9 Å². The SMILES string of the molecule is O=Cc1ccc(OC2CCCCC2)cc1Nc1ccc(F)cc1. The second kappa shape index (κ2) is 7.27. The van der Waals surface area contributed by atoms with E-state index in [9.17, 15) is 9.18 Å². The van der Waals surface area contributed by atoms with Gasteiger partial charge in [-0.15, -0.1) is 0 Å². The Morgan fingerprint density at radius 1 is 1.04 bits per heavy atom. The summed E-state index contributed by atoms with van der Waals surface area (Å²) in [5.41, 5.74) is 1.94. The number of carbonyl (C=O) groups is 1. The molecule has 0 unspecified atom stereocenters. The summed E-state index contributed by atoms with van der Waals surface area (Å²) in [7, 11) is 0. The van der Waals surface area contributed by atoms with Crippen molar-refractivity contribution in [3.05, 3.63) is 53.8 Å². The van der Waals surface area contributed by atoms with Crippen LogP contribution in [-0.4, -0.2) is 12.4 Å². The van der Waals surface area contributed by atoms with E-state index in [-0.39, 0.29) is 11.9 Å². The van der Waals surface area contributed by atoms with Gasteiger partial charge in [0.25, 0.3) is 0 Å². The lowest BCUT2D eigenvalue weighted by atomic mass is 9.98. The molecule has 1 fully saturated rings. The van der Waals surface area contributed by atoms with Crippen molar-refractivity contribution in [1.29, 1.82) is 0 Å². The van der Waals surface area contributed by atoms with Crippen LogP contribution in [0.25, 0.3) is 0 Å². The summed E-state index contributed by atoms with van der Waals surface area (Å²) < 4.78 is 19.0. The Hall–Kier alpha value is -2.36. The van der Waals surface area contributed by atoms with Crippen molar-refractivity contribution in [2.24, 2.45) is 0 Å². The van der Waals surface area contributed by atoms with Crippen LogP contribution in [0.2, 0.25) is 0 Å². The lowest BCUT2D eigenvalue weighted by molar-refractivity contribution is 0.112. The molecule has 2 aromatic rings. The Balaban J connectivity index is 1.78. The first kappa shape index (κ1) is 15.5. The maximum absolute atomic E-state index is 13.0. The predicted octanol–water partition coefficient (Wildman–Crippen LogP) is 5.09. The highest BCUT2D eigenvalue weighted by atomic mass is 19.1. The number of anilines is 2. The Kier molecular flexibility index (Phi) is 4.91. The standard InChI is InChI=1S/C19H20FNO2/c20-15-7-9-16(10-8-15)21-19-12-18(11-6-14(19)13-22)23-17-4-2-1-3-5-17/h6-13,17,21H,1-5H2. The monoisotopic (exact) mass is 313 g/mol. The number of hydrogen-bond donors (Lipinski definition) is 1. The lowest BCUT2D eigenvalue weighted by Gasteiger charge is -2.23. The lowest BCUT2D eigenvalue weighted by Crippen LogP contribution is -2.19. The fourth-order valence-electron chi connectivity index (χ4n) is 2.88. The van der Waals surface area contributed by atoms with Crippen LogP contribution >= 0.6 is 0 Å². The van der Waals surface area contributed by atoms with Crippen LogP contribution in [0.1, 0.15) is 42.5 Å². The average molecular weight is 313 g/mol. The summed E-state index contributed by atoms with van der Waals surface area (Å²) >= 11 is 0. The van der Waals surface area contributed by atoms with Gasteiger partial charge in [-0.25, -0.2) is 4.39 Å². The predicted molar refractivity (Wildman–Crippen MR) is 89.0 cm³/mol. The quantitative estimate of drug-likeness (QED) is 0.781. The molecule has 0 bridgehead atoms. The third kappa shape index (κ3) is 4.09. The number of benzene rings is 2. The molecule has 0 amide bonds. The van der Waals surface area contributed by atoms with Gasteiger partial charge in [0.05, 0.1) is 11.8 Å². The molecule has 4 heteroatoms. The minimum absolute atomic E-state index is 0.254. The van der Waals surface area contributed by atoms with Crippen LogP contribution in [0.15, 0.2) is 42.5 Å². The van der Waals surface area contributed by atoms with Crippen molar-refractivity contribution >= 4 is 17.7 Å². The first-order valence-electron chi connectivity index (χ1n) is 8.03. The summed E-state index contributed by atoms with van der Waals surface area (Å²) in [6.07, 6.45) is 6.91. The molecule has 0 heterocycles. The van der Waals surface area contributed by atoms with E-state index in [2.05, 4.69) is 5.32 Å². The summed E-state index contributed by atoms with van der Waals surface area (Å²) in [5.74, 6) is 0.465. The zero-order valence-electron chi connectivity index (χ0n) is 12.9. The normalized spacial score (nSPS) is 15.2. The summed E-state index contributed by atoms with van der Waals surface area (Å²) in [6, 6.07) is 11.4. The van der Waals surface area contributed by atoms with E-state index in [1.54, 1.807) is 18.2 Å². The van der Waals surface area contributed by atoms with Crippen LogP contribution < -0.4 is 10.1 Å². The number of rotatable bonds is 5. The Labute approximate surface area is 135 Å². The van der Waals surface area contributed by atoms with Gasteiger partial charge < -0.3 is 10.1 Å². The molecular formula is C19H20FNO2. The maximum atomic E-state index is 13.0. The molecule has 1 aliphatic rings. The molecule has 3 nitrogen and oxygen atoms in total. The van der Waals surface area contributed by atoms with E-state index in [0.29, 0.717) is 11.3 Å². The minimum Gasteiger partial charge on any atom is -0.490 e. The van der Waals surface area contributed by atoms with Crippen LogP contribution in [0, 0.1) is 5.82 Å². The molecule has 1 saturated carbocycles. The van der Waals surface area contributed by atoms with Gasteiger partial charge in [-0.05, 0) is 62.1 Å². The largest absolute Gasteiger partial charge is 0.490 e. The Bertz CT molecular complexity index is 664. The Morgan fingerprint density at radius 2 is 1.78 bits per heavy atom. The molecule has 1 N–H and O–H groups in total. The van der Waals surface area contributed by atoms with Crippen LogP contribution in [0.3, 0.4) is 0 Å². The van der Waals surface area contributed by atoms with E-state index in [1.807, 2.05) is 12.1 Å². The number of carbonyl (C=O) groups excluding carboxylic acids is 1. The smallest absolute Gasteiger partial charge is 0.152 e. The van der Waals surface area contributed by atoms with Gasteiger partial charge in [-0.2, -0.15) is 0 Å². The number of hydrogen-bond acceptors (Lipinski definition) is 3. The molecule has 0 aromatic heterocycles. The van der Waals surface area contributed by atoms with Crippen molar-refractivity contribution in [2.45, 2.75) is 38.2 Å². The highest BCUT2D eigenvalue weighted by molar-refractivity contribution is 5.86. The first-order valence-corrected chi connectivity index (χ1v) is 8.03. The highest BCUT2D eigenvalue weighted by Crippen LogP contribution is 2.28. The van der Waals surface area contributed by atoms with Gasteiger partial charge in [-0.3, -0.25) is 4.79 Å². The Morgan fingerprint density at radius 3 is 2.48 bits per heavy atom. The molecule has 0 radical (unpaired) electrons. The number of ether oxygens (including phenoxy) is 1. The molecule has 120 valence electrons. The van der Waals surface area contributed by atoms with Crippen molar-refractivity contribution in [3.8, 4) is 5.75 Å². The van der Waals surface area contributed by atoms with Crippen molar-refractivity contribution in [2.75, 3.05) is 5.32 Å². The van der Waals surface area contributed by atoms with Gasteiger partial charge in [0.2, 0.25) is 0 Å². The molecule has 1 aliphatic carbocycles. The van der Waals surface area contributed by atoms with Crippen molar-refractivity contribution in [3.63, 3.8) is 0 Å². The third-order valence-electron chi connectivity index (χ3n) is 4.13. The second-order valence-corrected chi connectivity index (χ2v) is 5.88. The molecule has 3 rings (SSSR count). The fourth-order valence-corrected chi connectivity index (χ4v) is 2.88. The van der Waals surface area contributed by atoms with E-state index in [1.165, 1.54) is 31.4 Å². The molecule has 2 aromatic carbocycles. The highest BCUT2D eigenvalue weighted by Gasteiger charge is 2.15. The van der Waals surface area contributed by atoms with E-state index < -0.39 is 0 Å². The summed E-state index contributed by atoms with van der Waals surface area (Å²) in [4.78, 5) is 11.2. The van der Waals surface area contributed by atoms with Gasteiger partial charge >= 0.3 is 0 Å². The molecule has 0 saturated heterocycles. The average Bonchev–Trinajstić information content (AvgIpc) is 2.58. The number of nitrogens with one attached hydrogen (secondary N) is 1. The van der Waals surface area contributed by atoms with E-state index in [0.717, 1.165) is 30.6 Å². The molecule has 0 aliphatic heterocycles. The van der Waals surface area contributed by atoms with Gasteiger partial charge in [0, 0.05) is 17.3 Å². The number of halogens is 1. The minimum atomic E-state index is -0.291. The number of aldehydes is 1. The van der Waals surface area contributed by atoms with E-state index >= 15 is 0 Å². The van der Waals surface area contributed by atoms with Crippen LogP contribution in [-0.2, 0) is 0 Å². The zero-order valence-corrected chi connectivity index (χ0v) is 12.9. The second-order valence-electron chi connectivity index (χ2n) is 5.88. The van der Waals surface area contributed by atoms with Crippen LogP contribution in [0.5, 0.6) is 5.75 Å². The zero-order chi connectivity index (χ0) is 16.1. The summed E-state index contributed by atoms with van der Waals surface area (Å²) in [6.45, 7) is 0. The van der Waals surface area contributed by atoms with Crippen LogP contribution in [0.4, 0.5) is 15.8 Å². The van der Waals surface area contributed by atoms with E-state index in [4.69, 9.17) is 4.74 Å². The third-order valence-corrected chi connectivity index (χ3v) is 4.13. The van der Waals surface area contributed by atoms with Crippen molar-refractivity contribution in [1.82, 2.24) is 0 Å². The molecule has 0 atom stereocenters. The van der Waals surface area contributed by atoms with Gasteiger partial charge in [0.15, 0.2) is 6.29 Å². The summed E-state index contributed by atoms with van der Waals surface area (Å²) in [5, 5.41) is 3.15.